The fraction of sp³-hybridized carbons (Fsp3) is 0.533. The van der Waals surface area contributed by atoms with Crippen molar-refractivity contribution < 1.29 is 9.53 Å². The summed E-state index contributed by atoms with van der Waals surface area (Å²) in [4.78, 5) is 11.6. The van der Waals surface area contributed by atoms with E-state index in [1.807, 2.05) is 24.3 Å². The summed E-state index contributed by atoms with van der Waals surface area (Å²) in [6.07, 6.45) is 4.77. The molecule has 0 aliphatic carbocycles. The van der Waals surface area contributed by atoms with Crippen molar-refractivity contribution in [1.82, 2.24) is 5.32 Å². The number of benzene rings is 1. The van der Waals surface area contributed by atoms with Crippen molar-refractivity contribution in [3.8, 4) is 5.75 Å². The Morgan fingerprint density at radius 2 is 1.94 bits per heavy atom. The number of carbonyl (C=O) groups excluding carboxylic acids is 1. The van der Waals surface area contributed by atoms with Gasteiger partial charge in [0.25, 0.3) is 0 Å². The highest BCUT2D eigenvalue weighted by atomic mass is 16.5. The maximum atomic E-state index is 11.6. The standard InChI is InChI=1S/C15H23NO2/c1-3-4-5-12-16-15(17)11-8-13-6-9-14(18-2)10-7-13/h6-7,9-10H,3-5,8,11-12H2,1-2H3,(H,16,17). The molecule has 0 aromatic heterocycles. The molecule has 0 atom stereocenters. The highest BCUT2D eigenvalue weighted by molar-refractivity contribution is 5.76. The van der Waals surface area contributed by atoms with E-state index in [1.54, 1.807) is 7.11 Å². The van der Waals surface area contributed by atoms with Crippen molar-refractivity contribution in [2.45, 2.75) is 39.0 Å². The monoisotopic (exact) mass is 249 g/mol. The molecule has 3 heteroatoms. The van der Waals surface area contributed by atoms with Gasteiger partial charge in [-0.3, -0.25) is 4.79 Å². The lowest BCUT2D eigenvalue weighted by molar-refractivity contribution is -0.121. The fourth-order valence-corrected chi connectivity index (χ4v) is 1.74. The first-order valence-corrected chi connectivity index (χ1v) is 6.66. The van der Waals surface area contributed by atoms with Crippen LogP contribution in [0.25, 0.3) is 0 Å². The zero-order chi connectivity index (χ0) is 13.2. The molecule has 1 N–H and O–H groups in total. The maximum absolute atomic E-state index is 11.6. The minimum atomic E-state index is 0.141. The van der Waals surface area contributed by atoms with Crippen LogP contribution in [0.4, 0.5) is 0 Å². The van der Waals surface area contributed by atoms with Crippen LogP contribution >= 0.6 is 0 Å². The Bertz CT molecular complexity index is 346. The average molecular weight is 249 g/mol. The van der Waals surface area contributed by atoms with Crippen LogP contribution in [0, 0.1) is 0 Å². The van der Waals surface area contributed by atoms with Crippen molar-refractivity contribution in [3.63, 3.8) is 0 Å². The minimum Gasteiger partial charge on any atom is -0.497 e. The molecule has 1 amide bonds. The summed E-state index contributed by atoms with van der Waals surface area (Å²) in [6, 6.07) is 7.86. The second-order valence-corrected chi connectivity index (χ2v) is 4.41. The van der Waals surface area contributed by atoms with E-state index in [1.165, 1.54) is 18.4 Å². The quantitative estimate of drug-likeness (QED) is 0.719. The molecule has 3 nitrogen and oxygen atoms in total. The van der Waals surface area contributed by atoms with Crippen molar-refractivity contribution in [2.24, 2.45) is 0 Å². The van der Waals surface area contributed by atoms with Gasteiger partial charge in [0.05, 0.1) is 7.11 Å². The third-order valence-corrected chi connectivity index (χ3v) is 2.90. The van der Waals surface area contributed by atoms with E-state index in [9.17, 15) is 4.79 Å². The van der Waals surface area contributed by atoms with Gasteiger partial charge in [-0.25, -0.2) is 0 Å². The number of unbranched alkanes of at least 4 members (excludes halogenated alkanes) is 2. The van der Waals surface area contributed by atoms with Gasteiger partial charge in [-0.05, 0) is 30.5 Å². The molecule has 0 radical (unpaired) electrons. The molecule has 1 aromatic carbocycles. The fourth-order valence-electron chi connectivity index (χ4n) is 1.74. The number of amides is 1. The number of carbonyl (C=O) groups is 1. The molecule has 0 spiro atoms. The van der Waals surface area contributed by atoms with E-state index in [0.717, 1.165) is 25.1 Å². The molecule has 0 aliphatic rings. The summed E-state index contributed by atoms with van der Waals surface area (Å²) in [6.45, 7) is 2.96. The normalized spacial score (nSPS) is 10.1. The number of rotatable bonds is 8. The van der Waals surface area contributed by atoms with Crippen LogP contribution in [0.5, 0.6) is 5.75 Å². The topological polar surface area (TPSA) is 38.3 Å². The Labute approximate surface area is 110 Å². The van der Waals surface area contributed by atoms with Gasteiger partial charge in [-0.1, -0.05) is 31.9 Å². The first kappa shape index (κ1) is 14.6. The van der Waals surface area contributed by atoms with Crippen LogP contribution in [-0.4, -0.2) is 19.6 Å². The lowest BCUT2D eigenvalue weighted by Gasteiger charge is -2.05. The third kappa shape index (κ3) is 5.71. The maximum Gasteiger partial charge on any atom is 0.220 e. The summed E-state index contributed by atoms with van der Waals surface area (Å²) in [5, 5.41) is 2.95. The SMILES string of the molecule is CCCCCNC(=O)CCc1ccc(OC)cc1. The first-order valence-electron chi connectivity index (χ1n) is 6.66. The minimum absolute atomic E-state index is 0.141. The number of hydrogen-bond acceptors (Lipinski definition) is 2. The molecular weight excluding hydrogens is 226 g/mol. The van der Waals surface area contributed by atoms with Crippen LogP contribution in [0.1, 0.15) is 38.2 Å². The van der Waals surface area contributed by atoms with Gasteiger partial charge < -0.3 is 10.1 Å². The molecule has 18 heavy (non-hydrogen) atoms. The van der Waals surface area contributed by atoms with Gasteiger partial charge in [0.15, 0.2) is 0 Å². The molecule has 0 saturated carbocycles. The van der Waals surface area contributed by atoms with Crippen molar-refractivity contribution in [3.05, 3.63) is 29.8 Å². The Kier molecular flexibility index (Phi) is 6.92. The Morgan fingerprint density at radius 3 is 2.56 bits per heavy atom. The van der Waals surface area contributed by atoms with Crippen molar-refractivity contribution in [2.75, 3.05) is 13.7 Å². The lowest BCUT2D eigenvalue weighted by Crippen LogP contribution is -2.24. The molecule has 1 rings (SSSR count). The zero-order valence-electron chi connectivity index (χ0n) is 11.4. The van der Waals surface area contributed by atoms with Crippen LogP contribution in [0.3, 0.4) is 0 Å². The van der Waals surface area contributed by atoms with Gasteiger partial charge in [0, 0.05) is 13.0 Å². The number of hydrogen-bond donors (Lipinski definition) is 1. The summed E-state index contributed by atoms with van der Waals surface area (Å²) in [5.41, 5.74) is 1.17. The summed E-state index contributed by atoms with van der Waals surface area (Å²) in [5.74, 6) is 0.990. The molecule has 0 unspecified atom stereocenters. The van der Waals surface area contributed by atoms with Gasteiger partial charge in [0.2, 0.25) is 5.91 Å². The molecule has 0 saturated heterocycles. The second kappa shape index (κ2) is 8.56. The third-order valence-electron chi connectivity index (χ3n) is 2.90. The first-order chi connectivity index (χ1) is 8.76. The van der Waals surface area contributed by atoms with E-state index >= 15 is 0 Å². The molecule has 100 valence electrons. The Morgan fingerprint density at radius 1 is 1.22 bits per heavy atom. The predicted octanol–water partition coefficient (Wildman–Crippen LogP) is 2.93. The molecule has 1 aromatic rings. The van der Waals surface area contributed by atoms with Crippen molar-refractivity contribution >= 4 is 5.91 Å². The summed E-state index contributed by atoms with van der Waals surface area (Å²) >= 11 is 0. The second-order valence-electron chi connectivity index (χ2n) is 4.41. The number of aryl methyl sites for hydroxylation is 1. The Hall–Kier alpha value is -1.51. The van der Waals surface area contributed by atoms with Crippen LogP contribution < -0.4 is 10.1 Å². The largest absolute Gasteiger partial charge is 0.497 e. The lowest BCUT2D eigenvalue weighted by atomic mass is 10.1. The van der Waals surface area contributed by atoms with E-state index < -0.39 is 0 Å². The van der Waals surface area contributed by atoms with Gasteiger partial charge in [0.1, 0.15) is 5.75 Å². The van der Waals surface area contributed by atoms with E-state index in [-0.39, 0.29) is 5.91 Å². The molecule has 0 bridgehead atoms. The van der Waals surface area contributed by atoms with Gasteiger partial charge >= 0.3 is 0 Å². The number of methoxy groups -OCH3 is 1. The van der Waals surface area contributed by atoms with Crippen LogP contribution in [-0.2, 0) is 11.2 Å². The molecule has 0 heterocycles. The highest BCUT2D eigenvalue weighted by Gasteiger charge is 2.01. The van der Waals surface area contributed by atoms with Crippen LogP contribution in [0.15, 0.2) is 24.3 Å². The van der Waals surface area contributed by atoms with E-state index in [4.69, 9.17) is 4.74 Å². The molecule has 0 fully saturated rings. The average Bonchev–Trinajstić information content (AvgIpc) is 2.42. The smallest absolute Gasteiger partial charge is 0.220 e. The van der Waals surface area contributed by atoms with Crippen LogP contribution in [0.2, 0.25) is 0 Å². The summed E-state index contributed by atoms with van der Waals surface area (Å²) in [7, 11) is 1.65. The van der Waals surface area contributed by atoms with E-state index in [0.29, 0.717) is 6.42 Å². The summed E-state index contributed by atoms with van der Waals surface area (Å²) < 4.78 is 5.09. The van der Waals surface area contributed by atoms with Gasteiger partial charge in [-0.2, -0.15) is 0 Å². The number of nitrogens with one attached hydrogen (secondary N) is 1. The number of ether oxygens (including phenoxy) is 1. The molecular formula is C15H23NO2. The van der Waals surface area contributed by atoms with E-state index in [2.05, 4.69) is 12.2 Å². The zero-order valence-corrected chi connectivity index (χ0v) is 11.4. The molecule has 0 aliphatic heterocycles. The Balaban J connectivity index is 2.20. The van der Waals surface area contributed by atoms with Crippen molar-refractivity contribution in [1.29, 1.82) is 0 Å². The highest BCUT2D eigenvalue weighted by Crippen LogP contribution is 2.12. The predicted molar refractivity (Wildman–Crippen MR) is 73.8 cm³/mol. The van der Waals surface area contributed by atoms with Gasteiger partial charge in [-0.15, -0.1) is 0 Å².